The molecule has 0 spiro atoms. The number of hydrogen-bond donors (Lipinski definition) is 1. The third kappa shape index (κ3) is 3.88. The van der Waals surface area contributed by atoms with Crippen LogP contribution in [0.4, 0.5) is 0 Å². The summed E-state index contributed by atoms with van der Waals surface area (Å²) in [6, 6.07) is 14.8. The largest absolute Gasteiger partial charge is 0.344 e. The Labute approximate surface area is 166 Å². The van der Waals surface area contributed by atoms with E-state index in [4.69, 9.17) is 0 Å². The van der Waals surface area contributed by atoms with Crippen LogP contribution in [0.2, 0.25) is 0 Å². The molecule has 0 unspecified atom stereocenters. The molecule has 4 aromatic rings. The fourth-order valence-corrected chi connectivity index (χ4v) is 3.83. The quantitative estimate of drug-likeness (QED) is 0.479. The molecule has 0 saturated heterocycles. The maximum atomic E-state index is 12.3. The van der Waals surface area contributed by atoms with Crippen molar-refractivity contribution in [2.75, 3.05) is 0 Å². The number of nitrogens with zero attached hydrogens (tertiary/aromatic N) is 4. The van der Waals surface area contributed by atoms with Gasteiger partial charge in [0.25, 0.3) is 5.56 Å². The zero-order valence-corrected chi connectivity index (χ0v) is 16.4. The van der Waals surface area contributed by atoms with Gasteiger partial charge in [-0.2, -0.15) is 0 Å². The molecular weight excluding hydrogens is 430 g/mol. The Bertz CT molecular complexity index is 1220. The van der Waals surface area contributed by atoms with Crippen molar-refractivity contribution in [1.29, 1.82) is 0 Å². The minimum atomic E-state index is -0.266. The zero-order valence-electron chi connectivity index (χ0n) is 14.0. The first-order chi connectivity index (χ1) is 13.1. The highest BCUT2D eigenvalue weighted by molar-refractivity contribution is 9.10. The van der Waals surface area contributed by atoms with Gasteiger partial charge in [-0.05, 0) is 33.6 Å². The van der Waals surface area contributed by atoms with Crippen LogP contribution in [0.25, 0.3) is 5.65 Å². The van der Waals surface area contributed by atoms with Gasteiger partial charge in [0.05, 0.1) is 12.2 Å². The van der Waals surface area contributed by atoms with Crippen LogP contribution in [0.1, 0.15) is 11.3 Å². The van der Waals surface area contributed by atoms with Gasteiger partial charge >= 0.3 is 5.69 Å². The average Bonchev–Trinajstić information content (AvgIpc) is 3.01. The minimum Gasteiger partial charge on any atom is -0.269 e. The summed E-state index contributed by atoms with van der Waals surface area (Å²) in [6.07, 6.45) is 1.69. The minimum absolute atomic E-state index is 0.152. The van der Waals surface area contributed by atoms with Crippen LogP contribution in [0.5, 0.6) is 0 Å². The molecule has 0 aliphatic carbocycles. The number of pyridine rings is 1. The first-order valence-corrected chi connectivity index (χ1v) is 9.88. The van der Waals surface area contributed by atoms with Gasteiger partial charge in [-0.3, -0.25) is 13.8 Å². The number of aromatic amines is 1. The van der Waals surface area contributed by atoms with Gasteiger partial charge in [0, 0.05) is 22.5 Å². The lowest BCUT2D eigenvalue weighted by Gasteiger charge is -2.06. The highest BCUT2D eigenvalue weighted by Gasteiger charge is 2.11. The van der Waals surface area contributed by atoms with Crippen molar-refractivity contribution in [3.05, 3.63) is 91.3 Å². The number of rotatable bonds is 5. The fraction of sp³-hybridized carbons (Fsp3) is 0.111. The van der Waals surface area contributed by atoms with Crippen molar-refractivity contribution < 1.29 is 0 Å². The van der Waals surface area contributed by atoms with E-state index in [1.54, 1.807) is 16.8 Å². The highest BCUT2D eigenvalue weighted by Crippen LogP contribution is 2.19. The number of aromatic nitrogens is 5. The Kier molecular flexibility index (Phi) is 4.95. The predicted octanol–water partition coefficient (Wildman–Crippen LogP) is 2.68. The maximum Gasteiger partial charge on any atom is 0.344 e. The van der Waals surface area contributed by atoms with Crippen molar-refractivity contribution in [3.8, 4) is 0 Å². The number of fused-ring (bicyclic) bond motifs is 1. The summed E-state index contributed by atoms with van der Waals surface area (Å²) in [5.41, 5.74) is 1.80. The molecule has 0 saturated carbocycles. The molecule has 4 rings (SSSR count). The van der Waals surface area contributed by atoms with E-state index in [0.29, 0.717) is 28.8 Å². The first-order valence-electron chi connectivity index (χ1n) is 8.10. The Morgan fingerprint density at radius 1 is 1.11 bits per heavy atom. The Morgan fingerprint density at radius 3 is 2.74 bits per heavy atom. The second kappa shape index (κ2) is 7.53. The molecule has 3 heterocycles. The van der Waals surface area contributed by atoms with Crippen LogP contribution in [-0.4, -0.2) is 24.1 Å². The van der Waals surface area contributed by atoms with E-state index in [0.717, 1.165) is 10.0 Å². The molecule has 136 valence electrons. The summed E-state index contributed by atoms with van der Waals surface area (Å²) in [5.74, 6) is 0.431. The normalized spacial score (nSPS) is 11.1. The van der Waals surface area contributed by atoms with Gasteiger partial charge in [-0.25, -0.2) is 14.9 Å². The highest BCUT2D eigenvalue weighted by atomic mass is 79.9. The lowest BCUT2D eigenvalue weighted by molar-refractivity contribution is 0.687. The molecule has 27 heavy (non-hydrogen) atoms. The van der Waals surface area contributed by atoms with Crippen LogP contribution in [0, 0.1) is 0 Å². The number of nitrogens with one attached hydrogen (secondary N) is 1. The predicted molar refractivity (Wildman–Crippen MR) is 107 cm³/mol. The van der Waals surface area contributed by atoms with Gasteiger partial charge in [0.2, 0.25) is 0 Å². The van der Waals surface area contributed by atoms with E-state index in [-0.39, 0.29) is 11.2 Å². The molecular formula is C18H14BrN5O2S. The monoisotopic (exact) mass is 443 g/mol. The van der Waals surface area contributed by atoms with E-state index in [1.807, 2.05) is 36.4 Å². The maximum absolute atomic E-state index is 12.3. The van der Waals surface area contributed by atoms with Crippen molar-refractivity contribution in [2.24, 2.45) is 0 Å². The molecule has 0 radical (unpaired) electrons. The van der Waals surface area contributed by atoms with Gasteiger partial charge in [-0.1, -0.05) is 42.1 Å². The topological polar surface area (TPSA) is 85.1 Å². The summed E-state index contributed by atoms with van der Waals surface area (Å²) in [4.78, 5) is 28.9. The zero-order chi connectivity index (χ0) is 18.8. The van der Waals surface area contributed by atoms with E-state index in [1.165, 1.54) is 22.2 Å². The molecule has 0 amide bonds. The first kappa shape index (κ1) is 17.7. The van der Waals surface area contributed by atoms with E-state index >= 15 is 0 Å². The van der Waals surface area contributed by atoms with Gasteiger partial charge in [0.15, 0.2) is 5.16 Å². The number of thioether (sulfide) groups is 1. The Hall–Kier alpha value is -2.65. The van der Waals surface area contributed by atoms with Gasteiger partial charge < -0.3 is 0 Å². The molecule has 0 bridgehead atoms. The smallest absolute Gasteiger partial charge is 0.269 e. The molecule has 3 aromatic heterocycles. The van der Waals surface area contributed by atoms with Crippen molar-refractivity contribution >= 4 is 33.3 Å². The average molecular weight is 444 g/mol. The Balaban J connectivity index is 1.58. The molecule has 9 heteroatoms. The molecule has 0 aliphatic heterocycles. The third-order valence-corrected chi connectivity index (χ3v) is 5.41. The van der Waals surface area contributed by atoms with Gasteiger partial charge in [-0.15, -0.1) is 5.10 Å². The van der Waals surface area contributed by atoms with Crippen molar-refractivity contribution in [2.45, 2.75) is 17.5 Å². The molecule has 7 nitrogen and oxygen atoms in total. The Morgan fingerprint density at radius 2 is 1.93 bits per heavy atom. The lowest BCUT2D eigenvalue weighted by Crippen LogP contribution is -2.18. The summed E-state index contributed by atoms with van der Waals surface area (Å²) >= 11 is 4.71. The molecule has 1 N–H and O–H groups in total. The van der Waals surface area contributed by atoms with Crippen LogP contribution < -0.4 is 11.2 Å². The number of H-pyrrole nitrogens is 1. The molecule has 0 fully saturated rings. The second-order valence-corrected chi connectivity index (χ2v) is 7.69. The second-order valence-electron chi connectivity index (χ2n) is 5.83. The molecule has 0 atom stereocenters. The SMILES string of the molecule is O=c1[nH]nc(SCc2cc(=O)n3cc(Br)ccc3n2)n1Cc1ccccc1. The molecule has 1 aromatic carbocycles. The summed E-state index contributed by atoms with van der Waals surface area (Å²) < 4.78 is 3.87. The van der Waals surface area contributed by atoms with Gasteiger partial charge in [0.1, 0.15) is 5.65 Å². The standard InChI is InChI=1S/C18H14BrN5O2S/c19-13-6-7-15-20-14(8-16(25)23(15)10-13)11-27-18-22-21-17(26)24(18)9-12-4-2-1-3-5-12/h1-8,10H,9,11H2,(H,21,26). The fourth-order valence-electron chi connectivity index (χ4n) is 2.66. The number of hydrogen-bond acceptors (Lipinski definition) is 5. The van der Waals surface area contributed by atoms with Crippen LogP contribution >= 0.6 is 27.7 Å². The number of benzene rings is 1. The van der Waals surface area contributed by atoms with E-state index in [9.17, 15) is 9.59 Å². The summed E-state index contributed by atoms with van der Waals surface area (Å²) in [5, 5.41) is 7.14. The third-order valence-electron chi connectivity index (χ3n) is 3.93. The van der Waals surface area contributed by atoms with Crippen LogP contribution in [0.3, 0.4) is 0 Å². The lowest BCUT2D eigenvalue weighted by atomic mass is 10.2. The summed E-state index contributed by atoms with van der Waals surface area (Å²) in [7, 11) is 0. The van der Waals surface area contributed by atoms with E-state index < -0.39 is 0 Å². The van der Waals surface area contributed by atoms with Crippen LogP contribution in [-0.2, 0) is 12.3 Å². The number of halogens is 1. The summed E-state index contributed by atoms with van der Waals surface area (Å²) in [6.45, 7) is 0.431. The van der Waals surface area contributed by atoms with Crippen molar-refractivity contribution in [3.63, 3.8) is 0 Å². The molecule has 0 aliphatic rings. The van der Waals surface area contributed by atoms with Crippen molar-refractivity contribution in [1.82, 2.24) is 24.1 Å². The van der Waals surface area contributed by atoms with Crippen LogP contribution in [0.15, 0.2) is 73.9 Å². The van der Waals surface area contributed by atoms with E-state index in [2.05, 4.69) is 31.1 Å².